The van der Waals surface area contributed by atoms with Gasteiger partial charge in [-0.25, -0.2) is 13.5 Å². The number of halogens is 3. The number of hydrogen-bond acceptors (Lipinski definition) is 4. The molecule has 0 fully saturated rings. The third-order valence-electron chi connectivity index (χ3n) is 3.26. The van der Waals surface area contributed by atoms with E-state index < -0.39 is 0 Å². The monoisotopic (exact) mass is 350 g/mol. The van der Waals surface area contributed by atoms with Crippen LogP contribution in [0, 0.1) is 11.6 Å². The van der Waals surface area contributed by atoms with Crippen molar-refractivity contribution in [3.05, 3.63) is 48.0 Å². The first kappa shape index (κ1) is 16.3. The van der Waals surface area contributed by atoms with Crippen LogP contribution in [0.2, 0.25) is 0 Å². The molecule has 124 valence electrons. The molecule has 0 unspecified atom stereocenters. The molecule has 0 bridgehead atoms. The Labute approximate surface area is 140 Å². The van der Waals surface area contributed by atoms with Crippen molar-refractivity contribution >= 4 is 33.7 Å². The second kappa shape index (κ2) is 7.31. The van der Waals surface area contributed by atoms with E-state index in [1.165, 1.54) is 24.3 Å². The highest BCUT2D eigenvalue weighted by Gasteiger charge is 2.04. The minimum atomic E-state index is -0.290. The highest BCUT2D eigenvalue weighted by atomic mass is 35.5. The highest BCUT2D eigenvalue weighted by Crippen LogP contribution is 2.12. The Morgan fingerprint density at radius 2 is 1.67 bits per heavy atom. The quantitative estimate of drug-likeness (QED) is 0.575. The van der Waals surface area contributed by atoms with Gasteiger partial charge in [-0.15, -0.1) is 16.7 Å². The van der Waals surface area contributed by atoms with Gasteiger partial charge in [-0.3, -0.25) is 0 Å². The van der Waals surface area contributed by atoms with E-state index in [0.29, 0.717) is 29.0 Å². The number of alkyl halides is 1. The first-order valence-corrected chi connectivity index (χ1v) is 7.71. The normalized spacial score (nSPS) is 10.8. The molecule has 0 amide bonds. The Balaban J connectivity index is 0.000000149. The fourth-order valence-electron chi connectivity index (χ4n) is 2.13. The third kappa shape index (κ3) is 3.65. The third-order valence-corrected chi connectivity index (χ3v) is 3.53. The van der Waals surface area contributed by atoms with Gasteiger partial charge in [0.1, 0.15) is 28.2 Å². The lowest BCUT2D eigenvalue weighted by atomic mass is 10.3. The summed E-state index contributed by atoms with van der Waals surface area (Å²) in [6.45, 7) is 0.670. The topological polar surface area (TPSA) is 72.3 Å². The van der Waals surface area contributed by atoms with Crippen molar-refractivity contribution in [1.82, 2.24) is 30.4 Å². The predicted octanol–water partition coefficient (Wildman–Crippen LogP) is 3.30. The lowest BCUT2D eigenvalue weighted by Crippen LogP contribution is -2.00. The molecule has 0 radical (unpaired) electrons. The van der Waals surface area contributed by atoms with Gasteiger partial charge in [-0.2, -0.15) is 15.4 Å². The number of aromatic amines is 1. The zero-order valence-corrected chi connectivity index (χ0v) is 13.2. The number of benzene rings is 2. The van der Waals surface area contributed by atoms with Crippen molar-refractivity contribution in [3.63, 3.8) is 0 Å². The summed E-state index contributed by atoms with van der Waals surface area (Å²) in [6.07, 6.45) is 0.802. The van der Waals surface area contributed by atoms with Gasteiger partial charge < -0.3 is 0 Å². The molecule has 0 aliphatic rings. The van der Waals surface area contributed by atoms with Crippen LogP contribution < -0.4 is 0 Å². The molecule has 4 aromatic rings. The molecule has 4 rings (SSSR count). The van der Waals surface area contributed by atoms with Crippen LogP contribution in [-0.4, -0.2) is 36.3 Å². The van der Waals surface area contributed by atoms with Gasteiger partial charge in [0, 0.05) is 24.6 Å². The fourth-order valence-corrected chi connectivity index (χ4v) is 2.25. The Morgan fingerprint density at radius 1 is 0.958 bits per heavy atom. The van der Waals surface area contributed by atoms with E-state index in [-0.39, 0.29) is 11.6 Å². The molecule has 9 heteroatoms. The molecule has 0 aliphatic heterocycles. The zero-order valence-electron chi connectivity index (χ0n) is 12.5. The largest absolute Gasteiger partial charge is 0.245 e. The molecule has 0 aliphatic carbocycles. The lowest BCUT2D eigenvalue weighted by Gasteiger charge is -1.98. The van der Waals surface area contributed by atoms with Gasteiger partial charge in [0.25, 0.3) is 0 Å². The number of hydrogen-bond donors (Lipinski definition) is 1. The molecule has 6 nitrogen and oxygen atoms in total. The number of aromatic nitrogens is 6. The van der Waals surface area contributed by atoms with Crippen molar-refractivity contribution < 1.29 is 8.78 Å². The van der Waals surface area contributed by atoms with E-state index in [4.69, 9.17) is 11.6 Å². The van der Waals surface area contributed by atoms with E-state index in [1.807, 2.05) is 0 Å². The van der Waals surface area contributed by atoms with Crippen molar-refractivity contribution in [1.29, 1.82) is 0 Å². The molecule has 2 aromatic carbocycles. The van der Waals surface area contributed by atoms with Crippen LogP contribution >= 0.6 is 11.6 Å². The minimum absolute atomic E-state index is 0.271. The van der Waals surface area contributed by atoms with E-state index in [2.05, 4.69) is 25.7 Å². The molecule has 1 N–H and O–H groups in total. The second-order valence-corrected chi connectivity index (χ2v) is 5.32. The van der Waals surface area contributed by atoms with E-state index in [1.54, 1.807) is 16.8 Å². The number of nitrogens with zero attached hydrogens (tertiary/aromatic N) is 5. The number of H-pyrrole nitrogens is 1. The van der Waals surface area contributed by atoms with Gasteiger partial charge in [0.2, 0.25) is 0 Å². The van der Waals surface area contributed by atoms with Crippen LogP contribution in [0.15, 0.2) is 36.4 Å². The molecule has 2 heterocycles. The number of rotatable bonds is 3. The maximum atomic E-state index is 12.9. The maximum Gasteiger partial charge on any atom is 0.125 e. The van der Waals surface area contributed by atoms with Gasteiger partial charge in [-0.05, 0) is 30.7 Å². The number of nitrogens with one attached hydrogen (secondary N) is 1. The van der Waals surface area contributed by atoms with E-state index in [9.17, 15) is 8.78 Å². The molecule has 2 aromatic heterocycles. The van der Waals surface area contributed by atoms with Gasteiger partial charge in [-0.1, -0.05) is 5.21 Å². The van der Waals surface area contributed by atoms with Crippen LogP contribution in [0.4, 0.5) is 8.78 Å². The van der Waals surface area contributed by atoms with Crippen molar-refractivity contribution in [2.24, 2.45) is 0 Å². The second-order valence-electron chi connectivity index (χ2n) is 4.94. The fraction of sp³-hybridized carbons (Fsp3) is 0.200. The van der Waals surface area contributed by atoms with Crippen molar-refractivity contribution in [2.45, 2.75) is 13.0 Å². The standard InChI is InChI=1S/C9H9ClFN3.C6H4FN3/c10-4-1-5-14-9-6-7(11)2-3-8(9)12-13-14;7-4-1-2-5-6(3-4)9-10-8-5/h2-3,6H,1,4-5H2;1-3H,(H,8,9,10). The summed E-state index contributed by atoms with van der Waals surface area (Å²) in [6, 6.07) is 8.69. The molecule has 0 atom stereocenters. The average Bonchev–Trinajstić information content (AvgIpc) is 3.19. The summed E-state index contributed by atoms with van der Waals surface area (Å²) >= 11 is 5.57. The maximum absolute atomic E-state index is 12.9. The van der Waals surface area contributed by atoms with Crippen LogP contribution in [-0.2, 0) is 6.54 Å². The number of fused-ring (bicyclic) bond motifs is 2. The Bertz CT molecular complexity index is 951. The molecule has 24 heavy (non-hydrogen) atoms. The molecular weight excluding hydrogens is 338 g/mol. The summed E-state index contributed by atoms with van der Waals surface area (Å²) in [7, 11) is 0. The Morgan fingerprint density at radius 3 is 2.46 bits per heavy atom. The van der Waals surface area contributed by atoms with Crippen LogP contribution in [0.25, 0.3) is 22.1 Å². The zero-order chi connectivity index (χ0) is 16.9. The predicted molar refractivity (Wildman–Crippen MR) is 86.7 cm³/mol. The number of aryl methyl sites for hydroxylation is 1. The highest BCUT2D eigenvalue weighted by molar-refractivity contribution is 6.17. The van der Waals surface area contributed by atoms with Gasteiger partial charge in [0.05, 0.1) is 5.52 Å². The lowest BCUT2D eigenvalue weighted by molar-refractivity contribution is 0.593. The SMILES string of the molecule is Fc1ccc2n[nH]nc2c1.Fc1ccc2nnn(CCCCl)c2c1. The summed E-state index contributed by atoms with van der Waals surface area (Å²) in [5, 5.41) is 17.7. The summed E-state index contributed by atoms with van der Waals surface area (Å²) < 4.78 is 27.0. The molecule has 0 spiro atoms. The van der Waals surface area contributed by atoms with Gasteiger partial charge >= 0.3 is 0 Å². The average molecular weight is 351 g/mol. The van der Waals surface area contributed by atoms with Crippen LogP contribution in [0.5, 0.6) is 0 Å². The summed E-state index contributed by atoms with van der Waals surface area (Å²) in [5.41, 5.74) is 2.66. The smallest absolute Gasteiger partial charge is 0.125 e. The van der Waals surface area contributed by atoms with Crippen LogP contribution in [0.3, 0.4) is 0 Å². The first-order chi connectivity index (χ1) is 11.7. The molecular formula is C15H13ClF2N6. The summed E-state index contributed by atoms with van der Waals surface area (Å²) in [5.74, 6) is 0.00440. The molecule has 0 saturated heterocycles. The van der Waals surface area contributed by atoms with E-state index >= 15 is 0 Å². The Kier molecular flexibility index (Phi) is 4.95. The van der Waals surface area contributed by atoms with Crippen molar-refractivity contribution in [2.75, 3.05) is 5.88 Å². The summed E-state index contributed by atoms with van der Waals surface area (Å²) in [4.78, 5) is 0. The van der Waals surface area contributed by atoms with Gasteiger partial charge in [0.15, 0.2) is 0 Å². The van der Waals surface area contributed by atoms with E-state index in [0.717, 1.165) is 11.9 Å². The molecule has 0 saturated carbocycles. The van der Waals surface area contributed by atoms with Crippen molar-refractivity contribution in [3.8, 4) is 0 Å². The van der Waals surface area contributed by atoms with Crippen LogP contribution in [0.1, 0.15) is 6.42 Å². The minimum Gasteiger partial charge on any atom is -0.245 e. The Hall–Kier alpha value is -2.61. The first-order valence-electron chi connectivity index (χ1n) is 7.18.